The normalized spacial score (nSPS) is 11.2. The summed E-state index contributed by atoms with van der Waals surface area (Å²) in [7, 11) is 0. The van der Waals surface area contributed by atoms with Crippen LogP contribution in [0.3, 0.4) is 0 Å². The summed E-state index contributed by atoms with van der Waals surface area (Å²) in [6.45, 7) is 5.65. The molecule has 0 saturated carbocycles. The number of benzene rings is 2. The van der Waals surface area contributed by atoms with E-state index in [2.05, 4.69) is 55.2 Å². The molecule has 160 valence electrons. The van der Waals surface area contributed by atoms with Gasteiger partial charge in [-0.05, 0) is 48.4 Å². The molecule has 0 N–H and O–H groups in total. The standard InChI is InChI=1S/C24H26N4OS2/c1-3-30-20-10-8-19(9-11-20)16-22(29)28(14-5-13-27-15-12-25-17-27)24-26-23-18(2)6-4-7-21(23)31-24/h4,6-12,15,17H,3,5,13-14,16H2,1-2H3. The lowest BCUT2D eigenvalue weighted by molar-refractivity contribution is -0.118. The van der Waals surface area contributed by atoms with Crippen LogP contribution in [0, 0.1) is 6.92 Å². The molecular weight excluding hydrogens is 424 g/mol. The maximum absolute atomic E-state index is 13.3. The van der Waals surface area contributed by atoms with E-state index in [0.717, 1.165) is 45.2 Å². The van der Waals surface area contributed by atoms with Crippen molar-refractivity contribution in [1.82, 2.24) is 14.5 Å². The molecule has 0 unspecified atom stereocenters. The smallest absolute Gasteiger partial charge is 0.233 e. The highest BCUT2D eigenvalue weighted by Crippen LogP contribution is 2.31. The lowest BCUT2D eigenvalue weighted by Crippen LogP contribution is -2.33. The van der Waals surface area contributed by atoms with Gasteiger partial charge < -0.3 is 4.57 Å². The summed E-state index contributed by atoms with van der Waals surface area (Å²) in [5.41, 5.74) is 3.15. The minimum absolute atomic E-state index is 0.0817. The van der Waals surface area contributed by atoms with Gasteiger partial charge in [-0.2, -0.15) is 0 Å². The first kappa shape index (κ1) is 21.6. The van der Waals surface area contributed by atoms with Crippen molar-refractivity contribution in [2.24, 2.45) is 0 Å². The Kier molecular flexibility index (Phi) is 7.04. The van der Waals surface area contributed by atoms with Gasteiger partial charge >= 0.3 is 0 Å². The maximum atomic E-state index is 13.3. The average Bonchev–Trinajstić information content (AvgIpc) is 3.43. The van der Waals surface area contributed by atoms with E-state index < -0.39 is 0 Å². The second kappa shape index (κ2) is 10.1. The fourth-order valence-corrected chi connectivity index (χ4v) is 5.24. The molecule has 0 aliphatic rings. The van der Waals surface area contributed by atoms with Gasteiger partial charge in [-0.3, -0.25) is 9.69 Å². The first-order chi connectivity index (χ1) is 15.1. The summed E-state index contributed by atoms with van der Waals surface area (Å²) in [6.07, 6.45) is 6.74. The van der Waals surface area contributed by atoms with Gasteiger partial charge in [-0.1, -0.05) is 42.5 Å². The molecule has 0 fully saturated rings. The third-order valence-corrected chi connectivity index (χ3v) is 7.03. The van der Waals surface area contributed by atoms with E-state index in [0.29, 0.717) is 13.0 Å². The van der Waals surface area contributed by atoms with E-state index in [9.17, 15) is 4.79 Å². The van der Waals surface area contributed by atoms with Crippen LogP contribution in [0.5, 0.6) is 0 Å². The highest BCUT2D eigenvalue weighted by atomic mass is 32.2. The Morgan fingerprint density at radius 3 is 2.74 bits per heavy atom. The van der Waals surface area contributed by atoms with Crippen molar-refractivity contribution in [3.8, 4) is 0 Å². The van der Waals surface area contributed by atoms with Crippen molar-refractivity contribution in [2.75, 3.05) is 17.2 Å². The number of carbonyl (C=O) groups is 1. The predicted molar refractivity (Wildman–Crippen MR) is 130 cm³/mol. The average molecular weight is 451 g/mol. The van der Waals surface area contributed by atoms with Gasteiger partial charge in [0.1, 0.15) is 0 Å². The molecule has 0 spiro atoms. The summed E-state index contributed by atoms with van der Waals surface area (Å²) < 4.78 is 3.15. The van der Waals surface area contributed by atoms with Gasteiger partial charge in [0.15, 0.2) is 5.13 Å². The molecule has 0 aliphatic heterocycles. The number of hydrogen-bond acceptors (Lipinski definition) is 5. The Hall–Kier alpha value is -2.64. The SMILES string of the molecule is CCSc1ccc(CC(=O)N(CCCn2ccnc2)c2nc3c(C)cccc3s2)cc1. The first-order valence-corrected chi connectivity index (χ1v) is 12.3. The van der Waals surface area contributed by atoms with Crippen molar-refractivity contribution in [3.63, 3.8) is 0 Å². The third-order valence-electron chi connectivity index (χ3n) is 5.09. The summed E-state index contributed by atoms with van der Waals surface area (Å²) in [4.78, 5) is 25.4. The van der Waals surface area contributed by atoms with Gasteiger partial charge in [0.2, 0.25) is 5.91 Å². The second-order valence-corrected chi connectivity index (χ2v) is 9.72. The molecular formula is C24H26N4OS2. The number of anilines is 1. The number of fused-ring (bicyclic) bond motifs is 1. The molecule has 0 radical (unpaired) electrons. The van der Waals surface area contributed by atoms with Crippen LogP contribution in [0.25, 0.3) is 10.2 Å². The van der Waals surface area contributed by atoms with E-state index in [1.54, 1.807) is 17.5 Å². The van der Waals surface area contributed by atoms with Gasteiger partial charge in [0.25, 0.3) is 0 Å². The van der Waals surface area contributed by atoms with Crippen LogP contribution in [0.15, 0.2) is 66.1 Å². The minimum atomic E-state index is 0.0817. The molecule has 0 atom stereocenters. The monoisotopic (exact) mass is 450 g/mol. The molecule has 7 heteroatoms. The molecule has 31 heavy (non-hydrogen) atoms. The molecule has 0 aliphatic carbocycles. The summed E-state index contributed by atoms with van der Waals surface area (Å²) in [5.74, 6) is 1.12. The van der Waals surface area contributed by atoms with E-state index >= 15 is 0 Å². The number of amides is 1. The Balaban J connectivity index is 1.54. The van der Waals surface area contributed by atoms with E-state index in [4.69, 9.17) is 4.98 Å². The van der Waals surface area contributed by atoms with Crippen LogP contribution >= 0.6 is 23.1 Å². The van der Waals surface area contributed by atoms with Crippen LogP contribution in [-0.4, -0.2) is 32.7 Å². The van der Waals surface area contributed by atoms with Crippen molar-refractivity contribution < 1.29 is 4.79 Å². The molecule has 5 nitrogen and oxygen atoms in total. The number of aryl methyl sites for hydroxylation is 2. The largest absolute Gasteiger partial charge is 0.337 e. The predicted octanol–water partition coefficient (Wildman–Crippen LogP) is 5.58. The summed E-state index contributed by atoms with van der Waals surface area (Å²) >= 11 is 3.40. The van der Waals surface area contributed by atoms with Gasteiger partial charge in [-0.25, -0.2) is 9.97 Å². The van der Waals surface area contributed by atoms with Gasteiger partial charge in [0, 0.05) is 30.4 Å². The van der Waals surface area contributed by atoms with Crippen molar-refractivity contribution in [1.29, 1.82) is 0 Å². The molecule has 1 amide bonds. The van der Waals surface area contributed by atoms with Crippen LogP contribution in [0.2, 0.25) is 0 Å². The summed E-state index contributed by atoms with van der Waals surface area (Å²) in [6, 6.07) is 14.5. The Labute approximate surface area is 191 Å². The zero-order chi connectivity index (χ0) is 21.6. The minimum Gasteiger partial charge on any atom is -0.337 e. The molecule has 4 rings (SSSR count). The number of nitrogens with zero attached hydrogens (tertiary/aromatic N) is 4. The molecule has 0 saturated heterocycles. The number of thioether (sulfide) groups is 1. The Bertz CT molecular complexity index is 1140. The maximum Gasteiger partial charge on any atom is 0.233 e. The lowest BCUT2D eigenvalue weighted by Gasteiger charge is -2.20. The van der Waals surface area contributed by atoms with Crippen LogP contribution < -0.4 is 4.90 Å². The fraction of sp³-hybridized carbons (Fsp3) is 0.292. The highest BCUT2D eigenvalue weighted by molar-refractivity contribution is 7.99. The van der Waals surface area contributed by atoms with Crippen LogP contribution in [0.4, 0.5) is 5.13 Å². The van der Waals surface area contributed by atoms with Crippen molar-refractivity contribution in [3.05, 3.63) is 72.3 Å². The van der Waals surface area contributed by atoms with Crippen LogP contribution in [0.1, 0.15) is 24.5 Å². The molecule has 0 bridgehead atoms. The summed E-state index contributed by atoms with van der Waals surface area (Å²) in [5, 5.41) is 0.776. The number of aromatic nitrogens is 3. The number of carbonyl (C=O) groups excluding carboxylic acids is 1. The molecule has 2 aromatic heterocycles. The number of rotatable bonds is 9. The van der Waals surface area contributed by atoms with Crippen molar-refractivity contribution >= 4 is 44.4 Å². The van der Waals surface area contributed by atoms with Gasteiger partial charge in [0.05, 0.1) is 23.0 Å². The van der Waals surface area contributed by atoms with E-state index in [1.165, 1.54) is 4.90 Å². The van der Waals surface area contributed by atoms with E-state index in [-0.39, 0.29) is 5.91 Å². The molecule has 2 aromatic carbocycles. The highest BCUT2D eigenvalue weighted by Gasteiger charge is 2.20. The first-order valence-electron chi connectivity index (χ1n) is 10.5. The number of para-hydroxylation sites is 1. The van der Waals surface area contributed by atoms with Crippen LogP contribution in [-0.2, 0) is 17.8 Å². The third kappa shape index (κ3) is 5.35. The lowest BCUT2D eigenvalue weighted by atomic mass is 10.1. The number of imidazole rings is 1. The van der Waals surface area contributed by atoms with E-state index in [1.807, 2.05) is 39.8 Å². The quantitative estimate of drug-likeness (QED) is 0.312. The van der Waals surface area contributed by atoms with Crippen molar-refractivity contribution in [2.45, 2.75) is 38.1 Å². The zero-order valence-corrected chi connectivity index (χ0v) is 19.5. The fourth-order valence-electron chi connectivity index (χ4n) is 3.49. The second-order valence-electron chi connectivity index (χ2n) is 7.37. The number of hydrogen-bond donors (Lipinski definition) is 0. The molecule has 4 aromatic rings. The Morgan fingerprint density at radius 1 is 1.19 bits per heavy atom. The Morgan fingerprint density at radius 2 is 2.03 bits per heavy atom. The topological polar surface area (TPSA) is 51.0 Å². The number of thiazole rings is 1. The van der Waals surface area contributed by atoms with Gasteiger partial charge in [-0.15, -0.1) is 11.8 Å². The molecule has 2 heterocycles. The zero-order valence-electron chi connectivity index (χ0n) is 17.8.